The van der Waals surface area contributed by atoms with Crippen molar-refractivity contribution in [2.75, 3.05) is 19.1 Å². The van der Waals surface area contributed by atoms with Crippen molar-refractivity contribution < 1.29 is 19.1 Å². The molecule has 3 aromatic rings. The minimum atomic E-state index is -0.352. The van der Waals surface area contributed by atoms with Gasteiger partial charge in [0, 0.05) is 21.1 Å². The van der Waals surface area contributed by atoms with Gasteiger partial charge in [0.1, 0.15) is 0 Å². The van der Waals surface area contributed by atoms with E-state index in [2.05, 4.69) is 4.98 Å². The monoisotopic (exact) mass is 554 g/mol. The van der Waals surface area contributed by atoms with Crippen LogP contribution in [0.5, 0.6) is 11.5 Å². The highest BCUT2D eigenvalue weighted by atomic mass is 35.5. The van der Waals surface area contributed by atoms with Crippen LogP contribution in [0.1, 0.15) is 22.8 Å². The van der Waals surface area contributed by atoms with Gasteiger partial charge in [-0.3, -0.25) is 19.3 Å². The molecule has 0 spiro atoms. The smallest absolute Gasteiger partial charge is 0.305 e. The van der Waals surface area contributed by atoms with Gasteiger partial charge in [-0.15, -0.1) is 11.8 Å². The Bertz CT molecular complexity index is 1500. The van der Waals surface area contributed by atoms with E-state index in [1.807, 2.05) is 18.2 Å². The second kappa shape index (κ2) is 8.38. The lowest BCUT2D eigenvalue weighted by Gasteiger charge is -2.43. The van der Waals surface area contributed by atoms with Crippen molar-refractivity contribution in [1.82, 2.24) is 4.98 Å². The maximum Gasteiger partial charge on any atom is 0.305 e. The Hall–Kier alpha value is -2.75. The SMILES string of the molecule is COc1ccc(C2c3sc(=O)[nH]c3SC3C2[C@H]2C[C@@H]3C3C(=O)N(c4ccc(Cl)cc4)C(=O)C32)cc1OC. The summed E-state index contributed by atoms with van der Waals surface area (Å²) in [5.41, 5.74) is 1.60. The molecule has 7 nitrogen and oxygen atoms in total. The van der Waals surface area contributed by atoms with Gasteiger partial charge in [-0.25, -0.2) is 0 Å². The largest absolute Gasteiger partial charge is 0.493 e. The first kappa shape index (κ1) is 23.4. The van der Waals surface area contributed by atoms with E-state index in [1.54, 1.807) is 50.2 Å². The molecule has 4 aliphatic rings. The third-order valence-corrected chi connectivity index (χ3v) is 11.4. The van der Waals surface area contributed by atoms with Gasteiger partial charge >= 0.3 is 4.87 Å². The van der Waals surface area contributed by atoms with Gasteiger partial charge in [-0.05, 0) is 66.1 Å². The Morgan fingerprint density at radius 1 is 0.946 bits per heavy atom. The normalized spacial score (nSPS) is 31.3. The second-order valence-corrected chi connectivity index (χ2v) is 12.7. The number of aromatic nitrogens is 1. The van der Waals surface area contributed by atoms with E-state index in [-0.39, 0.29) is 57.4 Å². The van der Waals surface area contributed by atoms with Gasteiger partial charge in [0.05, 0.1) is 36.8 Å². The molecule has 3 fully saturated rings. The maximum absolute atomic E-state index is 13.8. The topological polar surface area (TPSA) is 88.7 Å². The van der Waals surface area contributed by atoms with Gasteiger partial charge in [-0.1, -0.05) is 29.0 Å². The number of nitrogens with one attached hydrogen (secondary N) is 1. The number of rotatable bonds is 4. The molecule has 37 heavy (non-hydrogen) atoms. The van der Waals surface area contributed by atoms with Crippen LogP contribution in [0, 0.1) is 29.6 Å². The number of thiazole rings is 1. The van der Waals surface area contributed by atoms with E-state index in [4.69, 9.17) is 21.1 Å². The van der Waals surface area contributed by atoms with Crippen molar-refractivity contribution in [3.8, 4) is 11.5 Å². The van der Waals surface area contributed by atoms with Crippen LogP contribution in [0.4, 0.5) is 5.69 Å². The van der Waals surface area contributed by atoms with Gasteiger partial charge < -0.3 is 14.5 Å². The molecule has 0 radical (unpaired) electrons. The molecule has 2 aliphatic heterocycles. The average molecular weight is 555 g/mol. The first-order chi connectivity index (χ1) is 17.9. The van der Waals surface area contributed by atoms with Crippen molar-refractivity contribution in [3.63, 3.8) is 0 Å². The van der Waals surface area contributed by atoms with Crippen molar-refractivity contribution in [2.24, 2.45) is 29.6 Å². The van der Waals surface area contributed by atoms with Gasteiger partial charge in [0.25, 0.3) is 0 Å². The number of amides is 2. The Morgan fingerprint density at radius 2 is 1.65 bits per heavy atom. The van der Waals surface area contributed by atoms with Crippen LogP contribution >= 0.6 is 34.7 Å². The Balaban J connectivity index is 1.32. The standard InChI is InChI=1S/C27H23ClN2O5S2/c1-34-16-8-3-11(9-17(16)35-2)18-19-14-10-15(22(19)36-24-23(18)37-27(33)29-24)21-20(14)25(31)30(26(21)32)13-6-4-12(28)5-7-13/h3-9,14-15,18-22H,10H2,1-2H3,(H,29,33)/t14-,15-,18?,19?,20?,21?,22?/m1/s1. The number of halogens is 1. The van der Waals surface area contributed by atoms with Crippen LogP contribution < -0.4 is 19.2 Å². The number of hydrogen-bond acceptors (Lipinski definition) is 7. The van der Waals surface area contributed by atoms with E-state index in [1.165, 1.54) is 16.2 Å². The van der Waals surface area contributed by atoms with Gasteiger partial charge in [-0.2, -0.15) is 0 Å². The summed E-state index contributed by atoms with van der Waals surface area (Å²) in [6.45, 7) is 0. The molecule has 2 aromatic carbocycles. The number of aromatic amines is 1. The molecule has 1 aromatic heterocycles. The summed E-state index contributed by atoms with van der Waals surface area (Å²) in [7, 11) is 3.21. The van der Waals surface area contributed by atoms with Crippen LogP contribution in [0.2, 0.25) is 5.02 Å². The number of benzene rings is 2. The molecule has 1 N–H and O–H groups in total. The lowest BCUT2D eigenvalue weighted by atomic mass is 9.68. The highest BCUT2D eigenvalue weighted by Gasteiger charge is 2.69. The molecule has 1 saturated heterocycles. The van der Waals surface area contributed by atoms with E-state index in [9.17, 15) is 14.4 Å². The minimum Gasteiger partial charge on any atom is -0.493 e. The molecule has 190 valence electrons. The van der Waals surface area contributed by atoms with E-state index >= 15 is 0 Å². The summed E-state index contributed by atoms with van der Waals surface area (Å²) in [5.74, 6) is 0.504. The first-order valence-electron chi connectivity index (χ1n) is 12.2. The number of hydrogen-bond donors (Lipinski definition) is 1. The third-order valence-electron chi connectivity index (χ3n) is 8.58. The summed E-state index contributed by atoms with van der Waals surface area (Å²) in [6, 6.07) is 12.8. The third kappa shape index (κ3) is 3.23. The zero-order valence-electron chi connectivity index (χ0n) is 20.0. The fourth-order valence-corrected chi connectivity index (χ4v) is 10.3. The summed E-state index contributed by atoms with van der Waals surface area (Å²) >= 11 is 8.97. The molecule has 7 atom stereocenters. The van der Waals surface area contributed by atoms with E-state index < -0.39 is 0 Å². The van der Waals surface area contributed by atoms with Crippen LogP contribution in [0.25, 0.3) is 0 Å². The number of fused-ring (bicyclic) bond motifs is 9. The number of thioether (sulfide) groups is 1. The van der Waals surface area contributed by atoms with Crippen LogP contribution in [0.3, 0.4) is 0 Å². The molecule has 2 bridgehead atoms. The Labute approximate surface area is 226 Å². The highest BCUT2D eigenvalue weighted by molar-refractivity contribution is 8.00. The number of carbonyl (C=O) groups is 2. The number of carbonyl (C=O) groups excluding carboxylic acids is 2. The fraction of sp³-hybridized carbons (Fsp3) is 0.370. The molecule has 10 heteroatoms. The average Bonchev–Trinajstić information content (AvgIpc) is 3.63. The zero-order chi connectivity index (χ0) is 25.6. The van der Waals surface area contributed by atoms with Crippen molar-refractivity contribution in [2.45, 2.75) is 22.6 Å². The molecule has 3 heterocycles. The highest BCUT2D eigenvalue weighted by Crippen LogP contribution is 2.68. The predicted octanol–water partition coefficient (Wildman–Crippen LogP) is 4.78. The Morgan fingerprint density at radius 3 is 2.35 bits per heavy atom. The first-order valence-corrected chi connectivity index (χ1v) is 14.2. The molecule has 2 aliphatic carbocycles. The van der Waals surface area contributed by atoms with E-state index in [0.717, 1.165) is 21.9 Å². The van der Waals surface area contributed by atoms with Gasteiger partial charge in [0.15, 0.2) is 11.5 Å². The molecular weight excluding hydrogens is 532 g/mol. The Kier molecular flexibility index (Phi) is 5.29. The number of ether oxygens (including phenoxy) is 2. The van der Waals surface area contributed by atoms with Crippen LogP contribution in [0.15, 0.2) is 52.3 Å². The van der Waals surface area contributed by atoms with Crippen molar-refractivity contribution in [1.29, 1.82) is 0 Å². The number of anilines is 1. The molecule has 5 unspecified atom stereocenters. The van der Waals surface area contributed by atoms with E-state index in [0.29, 0.717) is 22.2 Å². The van der Waals surface area contributed by atoms with Crippen molar-refractivity contribution >= 4 is 52.2 Å². The number of methoxy groups -OCH3 is 2. The fourth-order valence-electron chi connectivity index (χ4n) is 7.28. The molecule has 2 amide bonds. The summed E-state index contributed by atoms with van der Waals surface area (Å²) in [5, 5.41) is 1.57. The van der Waals surface area contributed by atoms with Crippen LogP contribution in [-0.4, -0.2) is 36.3 Å². The summed E-state index contributed by atoms with van der Waals surface area (Å²) < 4.78 is 11.0. The molecular formula is C27H23ClN2O5S2. The predicted molar refractivity (Wildman–Crippen MR) is 142 cm³/mol. The van der Waals surface area contributed by atoms with Crippen LogP contribution in [-0.2, 0) is 9.59 Å². The van der Waals surface area contributed by atoms with Crippen molar-refractivity contribution in [3.05, 3.63) is 67.6 Å². The maximum atomic E-state index is 13.8. The zero-order valence-corrected chi connectivity index (χ0v) is 22.4. The summed E-state index contributed by atoms with van der Waals surface area (Å²) in [6.07, 6.45) is 0.840. The molecule has 2 saturated carbocycles. The number of H-pyrrole nitrogens is 1. The summed E-state index contributed by atoms with van der Waals surface area (Å²) in [4.78, 5) is 45.3. The lowest BCUT2D eigenvalue weighted by Crippen LogP contribution is -2.42. The quantitative estimate of drug-likeness (QED) is 0.467. The number of imide groups is 1. The van der Waals surface area contributed by atoms with Gasteiger partial charge in [0.2, 0.25) is 11.8 Å². The second-order valence-electron chi connectivity index (χ2n) is 10.1. The number of nitrogens with zero attached hydrogens (tertiary/aromatic N) is 1. The molecule has 7 rings (SSSR count). The minimum absolute atomic E-state index is 0.0460. The lowest BCUT2D eigenvalue weighted by molar-refractivity contribution is -0.123.